The zero-order chi connectivity index (χ0) is 19.5. The Balaban J connectivity index is 1.63. The first-order valence-electron chi connectivity index (χ1n) is 9.68. The molecule has 3 aromatic rings. The summed E-state index contributed by atoms with van der Waals surface area (Å²) in [6.07, 6.45) is 0.820. The van der Waals surface area contributed by atoms with E-state index in [1.54, 1.807) is 12.1 Å². The molecule has 1 heterocycles. The van der Waals surface area contributed by atoms with Crippen molar-refractivity contribution in [2.75, 3.05) is 26.7 Å². The van der Waals surface area contributed by atoms with E-state index in [1.165, 1.54) is 28.5 Å². The Morgan fingerprint density at radius 2 is 1.82 bits per heavy atom. The summed E-state index contributed by atoms with van der Waals surface area (Å²) in [4.78, 5) is 2.32. The fourth-order valence-corrected chi connectivity index (χ4v) is 3.85. The second kappa shape index (κ2) is 8.27. The molecule has 0 amide bonds. The normalized spacial score (nSPS) is 18.5. The van der Waals surface area contributed by atoms with Crippen molar-refractivity contribution in [1.82, 2.24) is 9.91 Å². The van der Waals surface area contributed by atoms with Gasteiger partial charge in [-0.3, -0.25) is 5.84 Å². The van der Waals surface area contributed by atoms with Crippen LogP contribution >= 0.6 is 0 Å². The number of nitrogens with zero attached hydrogens (tertiary/aromatic N) is 2. The number of piperazine rings is 1. The predicted octanol–water partition coefficient (Wildman–Crippen LogP) is 3.59. The molecule has 1 aliphatic rings. The van der Waals surface area contributed by atoms with Gasteiger partial charge in [-0.15, -0.1) is 0 Å². The number of hydrogen-bond donors (Lipinski definition) is 1. The minimum absolute atomic E-state index is 0.234. The molecule has 146 valence electrons. The van der Waals surface area contributed by atoms with Gasteiger partial charge in [0.2, 0.25) is 0 Å². The molecule has 2 N–H and O–H groups in total. The van der Waals surface area contributed by atoms with Gasteiger partial charge < -0.3 is 9.64 Å². The van der Waals surface area contributed by atoms with E-state index < -0.39 is 0 Å². The van der Waals surface area contributed by atoms with Crippen LogP contribution in [0.1, 0.15) is 11.1 Å². The lowest BCUT2D eigenvalue weighted by Gasteiger charge is -2.37. The third kappa shape index (κ3) is 4.17. The Morgan fingerprint density at radius 1 is 1.04 bits per heavy atom. The Kier molecular flexibility index (Phi) is 5.57. The van der Waals surface area contributed by atoms with Crippen molar-refractivity contribution in [3.05, 3.63) is 77.6 Å². The van der Waals surface area contributed by atoms with Crippen molar-refractivity contribution in [3.8, 4) is 5.75 Å². The average Bonchev–Trinajstić information content (AvgIpc) is 2.71. The summed E-state index contributed by atoms with van der Waals surface area (Å²) in [6.45, 7) is 3.17. The van der Waals surface area contributed by atoms with E-state index in [-0.39, 0.29) is 11.9 Å². The highest BCUT2D eigenvalue weighted by Gasteiger charge is 2.25. The zero-order valence-electron chi connectivity index (χ0n) is 16.1. The molecule has 0 bridgehead atoms. The largest absolute Gasteiger partial charge is 0.489 e. The number of hydrogen-bond acceptors (Lipinski definition) is 4. The molecular weight excluding hydrogens is 353 g/mol. The number of rotatable bonds is 5. The van der Waals surface area contributed by atoms with Crippen LogP contribution in [0.2, 0.25) is 0 Å². The fourth-order valence-electron chi connectivity index (χ4n) is 3.85. The molecule has 4 rings (SSSR count). The van der Waals surface area contributed by atoms with E-state index in [0.29, 0.717) is 6.61 Å². The molecule has 0 spiro atoms. The molecule has 1 atom stereocenters. The highest BCUT2D eigenvalue weighted by molar-refractivity contribution is 5.87. The second-order valence-electron chi connectivity index (χ2n) is 7.54. The Hall–Kier alpha value is -2.47. The lowest BCUT2D eigenvalue weighted by atomic mass is 9.96. The summed E-state index contributed by atoms with van der Waals surface area (Å²) in [5, 5.41) is 4.34. The molecule has 0 aromatic heterocycles. The Bertz CT molecular complexity index is 944. The van der Waals surface area contributed by atoms with Gasteiger partial charge in [0.15, 0.2) is 0 Å². The van der Waals surface area contributed by atoms with Crippen molar-refractivity contribution in [2.24, 2.45) is 5.84 Å². The molecule has 1 aliphatic heterocycles. The van der Waals surface area contributed by atoms with Gasteiger partial charge in [-0.05, 0) is 48.0 Å². The third-order valence-electron chi connectivity index (χ3n) is 5.48. The molecule has 1 saturated heterocycles. The quantitative estimate of drug-likeness (QED) is 0.688. The van der Waals surface area contributed by atoms with E-state index >= 15 is 0 Å². The average molecular weight is 379 g/mol. The van der Waals surface area contributed by atoms with Crippen molar-refractivity contribution in [1.29, 1.82) is 0 Å². The van der Waals surface area contributed by atoms with Gasteiger partial charge in [-0.1, -0.05) is 42.5 Å². The number of likely N-dealkylation sites (N-methyl/N-ethyl adjacent to an activating group) is 1. The van der Waals surface area contributed by atoms with E-state index in [4.69, 9.17) is 10.6 Å². The maximum Gasteiger partial charge on any atom is 0.123 e. The first-order valence-corrected chi connectivity index (χ1v) is 9.68. The second-order valence-corrected chi connectivity index (χ2v) is 7.54. The number of halogens is 1. The lowest BCUT2D eigenvalue weighted by molar-refractivity contribution is 0.0902. The summed E-state index contributed by atoms with van der Waals surface area (Å²) >= 11 is 0. The van der Waals surface area contributed by atoms with Crippen LogP contribution in [0.4, 0.5) is 4.39 Å². The summed E-state index contributed by atoms with van der Waals surface area (Å²) in [7, 11) is 2.13. The minimum atomic E-state index is -0.236. The maximum absolute atomic E-state index is 13.2. The summed E-state index contributed by atoms with van der Waals surface area (Å²) in [5.41, 5.74) is 2.12. The van der Waals surface area contributed by atoms with Crippen LogP contribution < -0.4 is 10.6 Å². The fraction of sp³-hybridized carbons (Fsp3) is 0.304. The lowest BCUT2D eigenvalue weighted by Crippen LogP contribution is -2.55. The first kappa shape index (κ1) is 18.9. The maximum atomic E-state index is 13.2. The molecule has 0 aliphatic carbocycles. The van der Waals surface area contributed by atoms with E-state index in [9.17, 15) is 4.39 Å². The van der Waals surface area contributed by atoms with Gasteiger partial charge in [-0.2, -0.15) is 0 Å². The highest BCUT2D eigenvalue weighted by atomic mass is 19.1. The van der Waals surface area contributed by atoms with Crippen molar-refractivity contribution < 1.29 is 9.13 Å². The van der Waals surface area contributed by atoms with Crippen molar-refractivity contribution >= 4 is 10.8 Å². The number of benzene rings is 3. The standard InChI is InChI=1S/C23H26FN3O/c1-26-12-13-27(25)20(15-26)14-22-21-5-3-2-4-18(21)8-11-23(22)28-16-17-6-9-19(24)10-7-17/h2-11,20H,12-16,25H2,1H3. The molecule has 28 heavy (non-hydrogen) atoms. The predicted molar refractivity (Wildman–Crippen MR) is 111 cm³/mol. The summed E-state index contributed by atoms with van der Waals surface area (Å²) in [6, 6.07) is 19.2. The van der Waals surface area contributed by atoms with Crippen molar-refractivity contribution in [2.45, 2.75) is 19.1 Å². The molecule has 0 saturated carbocycles. The van der Waals surface area contributed by atoms with Crippen LogP contribution in [0.15, 0.2) is 60.7 Å². The third-order valence-corrected chi connectivity index (χ3v) is 5.48. The van der Waals surface area contributed by atoms with Crippen LogP contribution in [0.5, 0.6) is 5.75 Å². The zero-order valence-corrected chi connectivity index (χ0v) is 16.1. The van der Waals surface area contributed by atoms with Crippen LogP contribution in [-0.2, 0) is 13.0 Å². The number of fused-ring (bicyclic) bond motifs is 1. The minimum Gasteiger partial charge on any atom is -0.489 e. The number of nitrogens with two attached hydrogens (primary N) is 1. The topological polar surface area (TPSA) is 41.7 Å². The van der Waals surface area contributed by atoms with Gasteiger partial charge in [0.25, 0.3) is 0 Å². The van der Waals surface area contributed by atoms with Gasteiger partial charge in [0, 0.05) is 31.2 Å². The van der Waals surface area contributed by atoms with Crippen molar-refractivity contribution in [3.63, 3.8) is 0 Å². The molecule has 5 heteroatoms. The summed E-state index contributed by atoms with van der Waals surface area (Å²) < 4.78 is 19.3. The highest BCUT2D eigenvalue weighted by Crippen LogP contribution is 2.31. The van der Waals surface area contributed by atoms with E-state index in [2.05, 4.69) is 42.3 Å². The molecule has 4 nitrogen and oxygen atoms in total. The Morgan fingerprint density at radius 3 is 2.64 bits per heavy atom. The molecule has 3 aromatic carbocycles. The van der Waals surface area contributed by atoms with Crippen LogP contribution in [0.3, 0.4) is 0 Å². The summed E-state index contributed by atoms with van der Waals surface area (Å²) in [5.74, 6) is 6.92. The molecule has 0 radical (unpaired) electrons. The Labute approximate surface area is 165 Å². The monoisotopic (exact) mass is 379 g/mol. The van der Waals surface area contributed by atoms with E-state index in [0.717, 1.165) is 37.4 Å². The smallest absolute Gasteiger partial charge is 0.123 e. The van der Waals surface area contributed by atoms with Crippen LogP contribution in [0.25, 0.3) is 10.8 Å². The van der Waals surface area contributed by atoms with E-state index in [1.807, 2.05) is 11.1 Å². The first-order chi connectivity index (χ1) is 13.6. The SMILES string of the molecule is CN1CCN(N)C(Cc2c(OCc3ccc(F)cc3)ccc3ccccc23)C1. The molecular formula is C23H26FN3O. The molecule has 1 fully saturated rings. The number of hydrazine groups is 1. The van der Waals surface area contributed by atoms with Gasteiger partial charge in [0.05, 0.1) is 0 Å². The molecule has 1 unspecified atom stereocenters. The van der Waals surface area contributed by atoms with Crippen LogP contribution in [0, 0.1) is 5.82 Å². The van der Waals surface area contributed by atoms with Gasteiger partial charge in [0.1, 0.15) is 18.2 Å². The number of ether oxygens (including phenoxy) is 1. The van der Waals surface area contributed by atoms with Gasteiger partial charge in [-0.25, -0.2) is 9.40 Å². The van der Waals surface area contributed by atoms with Crippen LogP contribution in [-0.4, -0.2) is 42.6 Å². The van der Waals surface area contributed by atoms with Gasteiger partial charge >= 0.3 is 0 Å².